The smallest absolute Gasteiger partial charge is 0.254 e. The number of benzene rings is 1. The lowest BCUT2D eigenvalue weighted by Gasteiger charge is -2.19. The van der Waals surface area contributed by atoms with Gasteiger partial charge in [0, 0.05) is 56.2 Å². The Labute approximate surface area is 203 Å². The van der Waals surface area contributed by atoms with Crippen molar-refractivity contribution in [1.29, 1.82) is 0 Å². The lowest BCUT2D eigenvalue weighted by atomic mass is 10.0. The number of hydrogen-bond donors (Lipinski definition) is 1. The Morgan fingerprint density at radius 1 is 1.14 bits per heavy atom. The summed E-state index contributed by atoms with van der Waals surface area (Å²) in [5, 5.41) is 9.90. The van der Waals surface area contributed by atoms with E-state index < -0.39 is 0 Å². The number of aromatic amines is 1. The van der Waals surface area contributed by atoms with Crippen molar-refractivity contribution in [2.24, 2.45) is 7.05 Å². The molecule has 0 fully saturated rings. The van der Waals surface area contributed by atoms with Crippen molar-refractivity contribution in [3.8, 4) is 22.9 Å². The van der Waals surface area contributed by atoms with Gasteiger partial charge in [-0.2, -0.15) is 10.2 Å². The van der Waals surface area contributed by atoms with Gasteiger partial charge < -0.3 is 9.88 Å². The van der Waals surface area contributed by atoms with Crippen LogP contribution in [0.25, 0.3) is 33.8 Å². The molecule has 0 saturated carbocycles. The van der Waals surface area contributed by atoms with Crippen molar-refractivity contribution in [3.63, 3.8) is 0 Å². The maximum absolute atomic E-state index is 13.7. The first-order chi connectivity index (χ1) is 16.9. The minimum atomic E-state index is -0.0740. The van der Waals surface area contributed by atoms with Gasteiger partial charge in [0.1, 0.15) is 11.4 Å². The Hall–Kier alpha value is -4.27. The number of pyridine rings is 1. The molecule has 35 heavy (non-hydrogen) atoms. The molecule has 0 aliphatic carbocycles. The van der Waals surface area contributed by atoms with Gasteiger partial charge in [0.25, 0.3) is 5.91 Å². The van der Waals surface area contributed by atoms with Crippen LogP contribution < -0.4 is 0 Å². The van der Waals surface area contributed by atoms with Gasteiger partial charge in [-0.15, -0.1) is 0 Å². The number of aryl methyl sites for hydroxylation is 3. The van der Waals surface area contributed by atoms with Crippen LogP contribution in [-0.2, 0) is 20.1 Å². The van der Waals surface area contributed by atoms with Crippen LogP contribution in [0.5, 0.6) is 0 Å². The zero-order valence-corrected chi connectivity index (χ0v) is 20.6. The summed E-state index contributed by atoms with van der Waals surface area (Å²) in [6.07, 6.45) is 5.32. The zero-order chi connectivity index (χ0) is 24.7. The molecule has 0 aliphatic heterocycles. The molecular formula is C26H28N8O. The highest BCUT2D eigenvalue weighted by molar-refractivity contribution is 6.07. The molecule has 5 aromatic rings. The molecule has 1 amide bonds. The number of nitrogens with zero attached hydrogens (tertiary/aromatic N) is 7. The zero-order valence-electron chi connectivity index (χ0n) is 20.6. The second-order valence-electron chi connectivity index (χ2n) is 8.78. The molecule has 4 heterocycles. The summed E-state index contributed by atoms with van der Waals surface area (Å²) in [5.74, 6) is 0.650. The fourth-order valence-electron chi connectivity index (χ4n) is 4.36. The van der Waals surface area contributed by atoms with Crippen molar-refractivity contribution in [3.05, 3.63) is 71.3 Å². The molecule has 0 bridgehead atoms. The lowest BCUT2D eigenvalue weighted by molar-refractivity contribution is 0.0787. The summed E-state index contributed by atoms with van der Waals surface area (Å²) in [6, 6.07) is 9.75. The third-order valence-electron chi connectivity index (χ3n) is 6.34. The average molecular weight is 469 g/mol. The second kappa shape index (κ2) is 8.83. The third kappa shape index (κ3) is 4.09. The molecular weight excluding hydrogens is 440 g/mol. The van der Waals surface area contributed by atoms with Crippen LogP contribution in [0.4, 0.5) is 0 Å². The van der Waals surface area contributed by atoms with Crippen molar-refractivity contribution in [2.75, 3.05) is 7.05 Å². The number of aromatic nitrogens is 7. The number of fused-ring (bicyclic) bond motifs is 1. The molecule has 0 radical (unpaired) electrons. The van der Waals surface area contributed by atoms with Gasteiger partial charge >= 0.3 is 0 Å². The van der Waals surface area contributed by atoms with E-state index in [0.717, 1.165) is 45.8 Å². The monoisotopic (exact) mass is 468 g/mol. The first kappa shape index (κ1) is 22.5. The highest BCUT2D eigenvalue weighted by atomic mass is 16.2. The summed E-state index contributed by atoms with van der Waals surface area (Å²) in [5.41, 5.74) is 6.69. The maximum atomic E-state index is 13.7. The topological polar surface area (TPSA) is 97.5 Å². The fraction of sp³-hybridized carbons (Fsp3) is 0.269. The van der Waals surface area contributed by atoms with Crippen molar-refractivity contribution in [1.82, 2.24) is 39.4 Å². The van der Waals surface area contributed by atoms with Crippen LogP contribution in [0.3, 0.4) is 0 Å². The molecule has 178 valence electrons. The van der Waals surface area contributed by atoms with Crippen molar-refractivity contribution < 1.29 is 4.79 Å². The van der Waals surface area contributed by atoms with Gasteiger partial charge in [0.15, 0.2) is 5.82 Å². The molecule has 5 rings (SSSR count). The summed E-state index contributed by atoms with van der Waals surface area (Å²) in [6.45, 7) is 7.38. The van der Waals surface area contributed by atoms with Gasteiger partial charge in [-0.25, -0.2) is 9.97 Å². The Bertz CT molecular complexity index is 1530. The Kier molecular flexibility index (Phi) is 5.68. The summed E-state index contributed by atoms with van der Waals surface area (Å²) in [7, 11) is 3.69. The second-order valence-corrected chi connectivity index (χ2v) is 8.78. The molecule has 0 saturated heterocycles. The van der Waals surface area contributed by atoms with E-state index in [-0.39, 0.29) is 5.91 Å². The first-order valence-corrected chi connectivity index (χ1v) is 11.6. The minimum Gasteiger partial charge on any atom is -0.343 e. The normalized spacial score (nSPS) is 11.3. The molecule has 9 heteroatoms. The van der Waals surface area contributed by atoms with Crippen LogP contribution >= 0.6 is 0 Å². The molecule has 0 atom stereocenters. The standard InChI is InChI=1S/C26H28N8O/c1-6-34-17(3)18(14-29-34)15-32(4)26(35)20-12-22(30-21-8-7-16(2)11-19(20)21)23-13-24(33(5)31-23)25-27-9-10-28-25/h7-14H,6,15H2,1-5H3,(H,27,28). The highest BCUT2D eigenvalue weighted by Crippen LogP contribution is 2.28. The van der Waals surface area contributed by atoms with E-state index in [1.165, 1.54) is 0 Å². The van der Waals surface area contributed by atoms with Crippen LogP contribution in [0.2, 0.25) is 0 Å². The Morgan fingerprint density at radius 2 is 1.97 bits per heavy atom. The quantitative estimate of drug-likeness (QED) is 0.404. The first-order valence-electron chi connectivity index (χ1n) is 11.6. The number of carbonyl (C=O) groups excluding carboxylic acids is 1. The van der Waals surface area contributed by atoms with Crippen LogP contribution in [0.1, 0.15) is 34.1 Å². The average Bonchev–Trinajstić information content (AvgIpc) is 3.59. The summed E-state index contributed by atoms with van der Waals surface area (Å²) >= 11 is 0. The van der Waals surface area contributed by atoms with Gasteiger partial charge in [-0.3, -0.25) is 14.2 Å². The molecule has 1 N–H and O–H groups in total. The largest absolute Gasteiger partial charge is 0.343 e. The SMILES string of the molecule is CCn1ncc(CN(C)C(=O)c2cc(-c3cc(-c4ncc[nH]4)n(C)n3)nc3ccc(C)cc23)c1C. The van der Waals surface area contributed by atoms with E-state index in [0.29, 0.717) is 23.5 Å². The van der Waals surface area contributed by atoms with E-state index in [1.54, 1.807) is 22.0 Å². The van der Waals surface area contributed by atoms with E-state index in [4.69, 9.17) is 4.98 Å². The molecule has 0 aliphatic rings. The number of rotatable bonds is 6. The molecule has 0 unspecified atom stereocenters. The maximum Gasteiger partial charge on any atom is 0.254 e. The van der Waals surface area contributed by atoms with E-state index in [1.807, 2.05) is 69.2 Å². The fourth-order valence-corrected chi connectivity index (χ4v) is 4.36. The number of amides is 1. The molecule has 9 nitrogen and oxygen atoms in total. The van der Waals surface area contributed by atoms with Gasteiger partial charge in [0.05, 0.1) is 23.0 Å². The lowest BCUT2D eigenvalue weighted by Crippen LogP contribution is -2.27. The molecule has 1 aromatic carbocycles. The van der Waals surface area contributed by atoms with Crippen LogP contribution in [0.15, 0.2) is 48.9 Å². The van der Waals surface area contributed by atoms with E-state index in [9.17, 15) is 4.79 Å². The van der Waals surface area contributed by atoms with Gasteiger partial charge in [-0.1, -0.05) is 11.6 Å². The van der Waals surface area contributed by atoms with E-state index >= 15 is 0 Å². The predicted octanol–water partition coefficient (Wildman–Crippen LogP) is 4.13. The summed E-state index contributed by atoms with van der Waals surface area (Å²) in [4.78, 5) is 27.8. The van der Waals surface area contributed by atoms with Crippen molar-refractivity contribution in [2.45, 2.75) is 33.9 Å². The molecule has 4 aromatic heterocycles. The number of nitrogens with one attached hydrogen (secondary N) is 1. The van der Waals surface area contributed by atoms with Crippen LogP contribution in [-0.4, -0.2) is 52.4 Å². The third-order valence-corrected chi connectivity index (χ3v) is 6.34. The van der Waals surface area contributed by atoms with E-state index in [2.05, 4.69) is 27.1 Å². The van der Waals surface area contributed by atoms with Crippen LogP contribution in [0, 0.1) is 13.8 Å². The van der Waals surface area contributed by atoms with Gasteiger partial charge in [0.2, 0.25) is 0 Å². The molecule has 0 spiro atoms. The minimum absolute atomic E-state index is 0.0740. The Morgan fingerprint density at radius 3 is 2.69 bits per heavy atom. The number of carbonyl (C=O) groups is 1. The highest BCUT2D eigenvalue weighted by Gasteiger charge is 2.21. The van der Waals surface area contributed by atoms with Gasteiger partial charge in [-0.05, 0) is 45.0 Å². The van der Waals surface area contributed by atoms with Crippen molar-refractivity contribution >= 4 is 16.8 Å². The summed E-state index contributed by atoms with van der Waals surface area (Å²) < 4.78 is 3.70. The predicted molar refractivity (Wildman–Crippen MR) is 135 cm³/mol. The Balaban J connectivity index is 1.57. The number of hydrogen-bond acceptors (Lipinski definition) is 5. The number of imidazole rings is 1. The number of H-pyrrole nitrogens is 1.